The predicted octanol–water partition coefficient (Wildman–Crippen LogP) is 2.47. The number of rotatable bonds is 5. The minimum atomic E-state index is -0.212. The molecule has 0 unspecified atom stereocenters. The highest BCUT2D eigenvalue weighted by atomic mass is 16.5. The number of carbonyl (C=O) groups excluding carboxylic acids is 1. The molecule has 0 atom stereocenters. The van der Waals surface area contributed by atoms with Crippen molar-refractivity contribution in [1.82, 2.24) is 10.1 Å². The number of aryl methyl sites for hydroxylation is 1. The molecule has 0 aliphatic carbocycles. The summed E-state index contributed by atoms with van der Waals surface area (Å²) in [6.45, 7) is 3.94. The Kier molecular flexibility index (Phi) is 4.34. The van der Waals surface area contributed by atoms with Crippen molar-refractivity contribution in [3.63, 3.8) is 0 Å². The van der Waals surface area contributed by atoms with Gasteiger partial charge in [0.05, 0.1) is 5.69 Å². The number of amides is 1. The van der Waals surface area contributed by atoms with Crippen LogP contribution in [0.3, 0.4) is 0 Å². The molecular formula is C14H17N3O3. The Hall–Kier alpha value is -2.37. The van der Waals surface area contributed by atoms with Crippen molar-refractivity contribution in [3.8, 4) is 5.75 Å². The quantitative estimate of drug-likeness (QED) is 0.818. The van der Waals surface area contributed by atoms with Gasteiger partial charge < -0.3 is 14.9 Å². The van der Waals surface area contributed by atoms with Gasteiger partial charge in [-0.25, -0.2) is 0 Å². The van der Waals surface area contributed by atoms with Gasteiger partial charge in [0.1, 0.15) is 5.75 Å². The van der Waals surface area contributed by atoms with Crippen LogP contribution in [0.2, 0.25) is 0 Å². The van der Waals surface area contributed by atoms with Crippen LogP contribution in [-0.2, 0) is 11.2 Å². The third kappa shape index (κ3) is 3.57. The second-order valence-corrected chi connectivity index (χ2v) is 4.77. The molecule has 106 valence electrons. The normalized spacial score (nSPS) is 10.8. The molecule has 0 saturated heterocycles. The highest BCUT2D eigenvalue weighted by molar-refractivity contribution is 5.92. The smallest absolute Gasteiger partial charge is 0.227 e. The molecule has 0 spiro atoms. The van der Waals surface area contributed by atoms with Crippen molar-refractivity contribution in [3.05, 3.63) is 36.0 Å². The first kappa shape index (κ1) is 14.0. The molecule has 6 nitrogen and oxygen atoms in total. The van der Waals surface area contributed by atoms with Gasteiger partial charge in [0, 0.05) is 18.8 Å². The summed E-state index contributed by atoms with van der Waals surface area (Å²) in [5.74, 6) is 1.11. The van der Waals surface area contributed by atoms with E-state index in [0.717, 1.165) is 0 Å². The molecule has 0 aliphatic heterocycles. The summed E-state index contributed by atoms with van der Waals surface area (Å²) < 4.78 is 5.06. The van der Waals surface area contributed by atoms with E-state index in [9.17, 15) is 9.90 Å². The largest absolute Gasteiger partial charge is 0.506 e. The molecule has 2 rings (SSSR count). The number of hydrogen-bond donors (Lipinski definition) is 2. The maximum atomic E-state index is 11.8. The number of benzene rings is 1. The van der Waals surface area contributed by atoms with Gasteiger partial charge >= 0.3 is 0 Å². The second kappa shape index (κ2) is 6.18. The number of nitrogens with zero attached hydrogens (tertiary/aromatic N) is 2. The van der Waals surface area contributed by atoms with Crippen LogP contribution in [0.25, 0.3) is 0 Å². The maximum absolute atomic E-state index is 11.8. The summed E-state index contributed by atoms with van der Waals surface area (Å²) >= 11 is 0. The Morgan fingerprint density at radius 1 is 1.40 bits per heavy atom. The minimum Gasteiger partial charge on any atom is -0.506 e. The molecule has 2 N–H and O–H groups in total. The van der Waals surface area contributed by atoms with E-state index >= 15 is 0 Å². The highest BCUT2D eigenvalue weighted by Crippen LogP contribution is 2.21. The fourth-order valence-corrected chi connectivity index (χ4v) is 1.62. The molecular weight excluding hydrogens is 258 g/mol. The zero-order valence-corrected chi connectivity index (χ0v) is 11.5. The molecule has 1 aromatic heterocycles. The number of hydrogen-bond acceptors (Lipinski definition) is 5. The van der Waals surface area contributed by atoms with Crippen LogP contribution in [0.4, 0.5) is 5.69 Å². The van der Waals surface area contributed by atoms with E-state index in [2.05, 4.69) is 15.5 Å². The lowest BCUT2D eigenvalue weighted by atomic mass is 10.2. The van der Waals surface area contributed by atoms with E-state index in [0.29, 0.717) is 23.8 Å². The lowest BCUT2D eigenvalue weighted by Crippen LogP contribution is -2.12. The zero-order valence-electron chi connectivity index (χ0n) is 11.5. The number of aromatic hydroxyl groups is 1. The van der Waals surface area contributed by atoms with Crippen molar-refractivity contribution in [2.24, 2.45) is 0 Å². The van der Waals surface area contributed by atoms with Gasteiger partial charge in [-0.1, -0.05) is 31.1 Å². The van der Waals surface area contributed by atoms with Gasteiger partial charge in [0.15, 0.2) is 5.82 Å². The number of nitrogens with one attached hydrogen (secondary N) is 1. The Balaban J connectivity index is 1.87. The Morgan fingerprint density at radius 3 is 2.80 bits per heavy atom. The molecule has 0 radical (unpaired) electrons. The molecule has 1 amide bonds. The van der Waals surface area contributed by atoms with E-state index in [1.165, 1.54) is 6.07 Å². The standard InChI is InChI=1S/C14H17N3O3/c1-9(2)14-16-13(20-17-14)8-7-12(19)15-10-5-3-4-6-11(10)18/h3-6,9,18H,7-8H2,1-2H3,(H,15,19). The maximum Gasteiger partial charge on any atom is 0.227 e. The number of phenols is 1. The lowest BCUT2D eigenvalue weighted by Gasteiger charge is -2.05. The SMILES string of the molecule is CC(C)c1noc(CCC(=O)Nc2ccccc2O)n1. The van der Waals surface area contributed by atoms with Crippen molar-refractivity contribution < 1.29 is 14.4 Å². The first-order chi connectivity index (χ1) is 9.56. The van der Waals surface area contributed by atoms with Gasteiger partial charge in [0.2, 0.25) is 11.8 Å². The predicted molar refractivity (Wildman–Crippen MR) is 73.4 cm³/mol. The number of aromatic nitrogens is 2. The summed E-state index contributed by atoms with van der Waals surface area (Å²) in [4.78, 5) is 16.0. The van der Waals surface area contributed by atoms with E-state index in [1.807, 2.05) is 13.8 Å². The van der Waals surface area contributed by atoms with Crippen LogP contribution in [0.5, 0.6) is 5.75 Å². The minimum absolute atomic E-state index is 0.0423. The van der Waals surface area contributed by atoms with Crippen LogP contribution < -0.4 is 5.32 Å². The van der Waals surface area contributed by atoms with Crippen LogP contribution in [-0.4, -0.2) is 21.2 Å². The van der Waals surface area contributed by atoms with Crippen LogP contribution in [0.1, 0.15) is 37.9 Å². The van der Waals surface area contributed by atoms with Crippen molar-refractivity contribution in [1.29, 1.82) is 0 Å². The summed E-state index contributed by atoms with van der Waals surface area (Å²) in [6, 6.07) is 6.58. The van der Waals surface area contributed by atoms with Crippen molar-refractivity contribution >= 4 is 11.6 Å². The van der Waals surface area contributed by atoms with Crippen LogP contribution in [0.15, 0.2) is 28.8 Å². The molecule has 2 aromatic rings. The van der Waals surface area contributed by atoms with Gasteiger partial charge in [-0.3, -0.25) is 4.79 Å². The molecule has 0 bridgehead atoms. The first-order valence-corrected chi connectivity index (χ1v) is 6.46. The van der Waals surface area contributed by atoms with E-state index in [-0.39, 0.29) is 24.0 Å². The Bertz CT molecular complexity index is 593. The van der Waals surface area contributed by atoms with Gasteiger partial charge in [-0.15, -0.1) is 0 Å². The third-order valence-electron chi connectivity index (χ3n) is 2.74. The summed E-state index contributed by atoms with van der Waals surface area (Å²) in [6.07, 6.45) is 0.590. The van der Waals surface area contributed by atoms with Crippen molar-refractivity contribution in [2.75, 3.05) is 5.32 Å². The van der Waals surface area contributed by atoms with Crippen molar-refractivity contribution in [2.45, 2.75) is 32.6 Å². The molecule has 20 heavy (non-hydrogen) atoms. The average molecular weight is 275 g/mol. The Labute approximate surface area is 116 Å². The summed E-state index contributed by atoms with van der Waals surface area (Å²) in [7, 11) is 0. The summed E-state index contributed by atoms with van der Waals surface area (Å²) in [5.41, 5.74) is 0.394. The first-order valence-electron chi connectivity index (χ1n) is 6.46. The fraction of sp³-hybridized carbons (Fsp3) is 0.357. The second-order valence-electron chi connectivity index (χ2n) is 4.77. The molecule has 1 heterocycles. The average Bonchev–Trinajstić information content (AvgIpc) is 2.88. The molecule has 6 heteroatoms. The monoisotopic (exact) mass is 275 g/mol. The van der Waals surface area contributed by atoms with Crippen LogP contribution in [0, 0.1) is 0 Å². The van der Waals surface area contributed by atoms with Gasteiger partial charge in [-0.05, 0) is 12.1 Å². The lowest BCUT2D eigenvalue weighted by molar-refractivity contribution is -0.116. The van der Waals surface area contributed by atoms with E-state index < -0.39 is 0 Å². The number of phenolic OH excluding ortho intramolecular Hbond substituents is 1. The fourth-order valence-electron chi connectivity index (χ4n) is 1.62. The van der Waals surface area contributed by atoms with Crippen LogP contribution >= 0.6 is 0 Å². The Morgan fingerprint density at radius 2 is 2.15 bits per heavy atom. The van der Waals surface area contributed by atoms with E-state index in [1.54, 1.807) is 18.2 Å². The van der Waals surface area contributed by atoms with E-state index in [4.69, 9.17) is 4.52 Å². The number of carbonyl (C=O) groups is 1. The highest BCUT2D eigenvalue weighted by Gasteiger charge is 2.12. The third-order valence-corrected chi connectivity index (χ3v) is 2.74. The molecule has 0 fully saturated rings. The molecule has 1 aromatic carbocycles. The topological polar surface area (TPSA) is 88.2 Å². The number of para-hydroxylation sites is 2. The number of anilines is 1. The zero-order chi connectivity index (χ0) is 14.5. The summed E-state index contributed by atoms with van der Waals surface area (Å²) in [5, 5.41) is 16.0. The molecule has 0 saturated carbocycles. The van der Waals surface area contributed by atoms with Gasteiger partial charge in [0.25, 0.3) is 0 Å². The van der Waals surface area contributed by atoms with Gasteiger partial charge in [-0.2, -0.15) is 4.98 Å². The molecule has 0 aliphatic rings.